The maximum absolute atomic E-state index is 10.5. The smallest absolute Gasteiger partial charge is 0.374 e. The van der Waals surface area contributed by atoms with Gasteiger partial charge in [0, 0.05) is 6.04 Å². The Morgan fingerprint density at radius 1 is 1.67 bits per heavy atom. The zero-order valence-corrected chi connectivity index (χ0v) is 6.90. The third kappa shape index (κ3) is 2.35. The first-order valence-electron chi connectivity index (χ1n) is 3.95. The predicted molar refractivity (Wildman–Crippen MR) is 45.6 cm³/mol. The summed E-state index contributed by atoms with van der Waals surface area (Å²) in [7, 11) is -0.591. The van der Waals surface area contributed by atoms with Crippen LogP contribution in [0.15, 0.2) is 12.2 Å². The van der Waals surface area contributed by atoms with E-state index in [9.17, 15) is 4.79 Å². The topological polar surface area (TPSA) is 69.6 Å². The maximum Gasteiger partial charge on any atom is 0.374 e. The molecule has 1 aliphatic carbocycles. The Kier molecular flexibility index (Phi) is 2.89. The van der Waals surface area contributed by atoms with Crippen molar-refractivity contribution in [3.63, 3.8) is 0 Å². The van der Waals surface area contributed by atoms with Crippen LogP contribution in [0.5, 0.6) is 0 Å². The van der Waals surface area contributed by atoms with Crippen LogP contribution in [0.2, 0.25) is 6.82 Å². The Morgan fingerprint density at radius 2 is 2.33 bits per heavy atom. The number of carbonyl (C=O) groups is 1. The number of aliphatic carboxylic acids is 1. The third-order valence-electron chi connectivity index (χ3n) is 1.86. The van der Waals surface area contributed by atoms with Gasteiger partial charge in [0.15, 0.2) is 0 Å². The zero-order valence-electron chi connectivity index (χ0n) is 6.90. The van der Waals surface area contributed by atoms with Crippen LogP contribution in [0.25, 0.3) is 0 Å². The van der Waals surface area contributed by atoms with E-state index in [1.54, 1.807) is 19.0 Å². The lowest BCUT2D eigenvalue weighted by molar-refractivity contribution is -0.140. The van der Waals surface area contributed by atoms with Gasteiger partial charge in [-0.25, -0.2) is 0 Å². The van der Waals surface area contributed by atoms with Gasteiger partial charge in [-0.1, -0.05) is 12.2 Å². The molecule has 12 heavy (non-hydrogen) atoms. The number of hydrogen-bond acceptors (Lipinski definition) is 3. The second-order valence-electron chi connectivity index (χ2n) is 3.01. The van der Waals surface area contributed by atoms with Crippen LogP contribution in [-0.4, -0.2) is 29.2 Å². The highest BCUT2D eigenvalue weighted by molar-refractivity contribution is 6.45. The summed E-state index contributed by atoms with van der Waals surface area (Å²) in [6, 6.07) is -0.00824. The van der Waals surface area contributed by atoms with Gasteiger partial charge in [0.2, 0.25) is 0 Å². The normalized spacial score (nSPS) is 27.5. The number of carboxylic acids is 1. The monoisotopic (exact) mass is 169 g/mol. The summed E-state index contributed by atoms with van der Waals surface area (Å²) >= 11 is 0. The van der Waals surface area contributed by atoms with Gasteiger partial charge in [-0.2, -0.15) is 0 Å². The SMILES string of the molecule is CB(O)N[C@H]1C=C[C@@H](C(=O)O)C1. The van der Waals surface area contributed by atoms with Gasteiger partial charge in [-0.15, -0.1) is 0 Å². The molecular weight excluding hydrogens is 157 g/mol. The van der Waals surface area contributed by atoms with E-state index in [4.69, 9.17) is 10.1 Å². The fraction of sp³-hybridized carbons (Fsp3) is 0.571. The molecule has 66 valence electrons. The molecule has 0 radical (unpaired) electrons. The van der Waals surface area contributed by atoms with Crippen molar-refractivity contribution < 1.29 is 14.9 Å². The van der Waals surface area contributed by atoms with Gasteiger partial charge in [-0.3, -0.25) is 4.79 Å². The van der Waals surface area contributed by atoms with E-state index in [0.717, 1.165) is 0 Å². The quantitative estimate of drug-likeness (QED) is 0.401. The van der Waals surface area contributed by atoms with Crippen molar-refractivity contribution in [1.29, 1.82) is 0 Å². The molecule has 0 aromatic rings. The van der Waals surface area contributed by atoms with Crippen molar-refractivity contribution in [2.45, 2.75) is 19.3 Å². The summed E-state index contributed by atoms with van der Waals surface area (Å²) < 4.78 is 0. The fourth-order valence-corrected chi connectivity index (χ4v) is 1.32. The highest BCUT2D eigenvalue weighted by Crippen LogP contribution is 2.17. The molecule has 0 saturated heterocycles. The van der Waals surface area contributed by atoms with Crippen LogP contribution < -0.4 is 5.23 Å². The van der Waals surface area contributed by atoms with E-state index < -0.39 is 18.9 Å². The Labute approximate surface area is 71.4 Å². The summed E-state index contributed by atoms with van der Waals surface area (Å²) in [5, 5.41) is 20.4. The van der Waals surface area contributed by atoms with Crippen LogP contribution in [0.4, 0.5) is 0 Å². The minimum absolute atomic E-state index is 0.00824. The molecule has 4 nitrogen and oxygen atoms in total. The van der Waals surface area contributed by atoms with E-state index in [0.29, 0.717) is 6.42 Å². The van der Waals surface area contributed by atoms with Gasteiger partial charge >= 0.3 is 13.0 Å². The van der Waals surface area contributed by atoms with Crippen molar-refractivity contribution in [3.8, 4) is 0 Å². The van der Waals surface area contributed by atoms with Crippen molar-refractivity contribution in [1.82, 2.24) is 5.23 Å². The van der Waals surface area contributed by atoms with Gasteiger partial charge in [0.25, 0.3) is 0 Å². The summed E-state index contributed by atoms with van der Waals surface area (Å²) in [5.41, 5.74) is 0. The van der Waals surface area contributed by atoms with Gasteiger partial charge in [0.05, 0.1) is 5.92 Å². The Bertz CT molecular complexity index is 205. The van der Waals surface area contributed by atoms with E-state index in [2.05, 4.69) is 5.23 Å². The highest BCUT2D eigenvalue weighted by Gasteiger charge is 2.25. The summed E-state index contributed by atoms with van der Waals surface area (Å²) in [4.78, 5) is 10.5. The third-order valence-corrected chi connectivity index (χ3v) is 1.86. The van der Waals surface area contributed by atoms with Gasteiger partial charge in [-0.05, 0) is 13.2 Å². The maximum atomic E-state index is 10.5. The molecule has 3 N–H and O–H groups in total. The highest BCUT2D eigenvalue weighted by atomic mass is 16.4. The molecule has 0 fully saturated rings. The molecule has 2 atom stereocenters. The predicted octanol–water partition coefficient (Wildman–Crippen LogP) is -0.284. The molecule has 0 bridgehead atoms. The van der Waals surface area contributed by atoms with Crippen LogP contribution in [0, 0.1) is 5.92 Å². The van der Waals surface area contributed by atoms with Crippen LogP contribution in [0.1, 0.15) is 6.42 Å². The number of carboxylic acid groups (broad SMARTS) is 1. The van der Waals surface area contributed by atoms with Crippen LogP contribution >= 0.6 is 0 Å². The molecule has 0 aromatic heterocycles. The molecule has 0 heterocycles. The molecule has 0 saturated carbocycles. The lowest BCUT2D eigenvalue weighted by Gasteiger charge is -2.11. The van der Waals surface area contributed by atoms with Crippen LogP contribution in [-0.2, 0) is 4.79 Å². The molecule has 5 heteroatoms. The lowest BCUT2D eigenvalue weighted by atomic mass is 9.87. The zero-order chi connectivity index (χ0) is 9.14. The summed E-state index contributed by atoms with van der Waals surface area (Å²) in [6.07, 6.45) is 3.97. The largest absolute Gasteiger partial charge is 0.481 e. The molecule has 1 rings (SSSR count). The fourth-order valence-electron chi connectivity index (χ4n) is 1.32. The van der Waals surface area contributed by atoms with Gasteiger partial charge < -0.3 is 15.4 Å². The first-order valence-corrected chi connectivity index (χ1v) is 3.95. The molecule has 0 aliphatic heterocycles. The molecule has 0 aromatic carbocycles. The summed E-state index contributed by atoms with van der Waals surface area (Å²) in [6.45, 7) is 1.61. The second-order valence-corrected chi connectivity index (χ2v) is 3.01. The van der Waals surface area contributed by atoms with Crippen LogP contribution in [0.3, 0.4) is 0 Å². The van der Waals surface area contributed by atoms with Crippen molar-refractivity contribution in [2.75, 3.05) is 0 Å². The molecule has 0 amide bonds. The van der Waals surface area contributed by atoms with Gasteiger partial charge in [0.1, 0.15) is 0 Å². The van der Waals surface area contributed by atoms with Crippen molar-refractivity contribution >= 4 is 13.0 Å². The minimum Gasteiger partial charge on any atom is -0.481 e. The average molecular weight is 169 g/mol. The number of hydrogen-bond donors (Lipinski definition) is 3. The number of rotatable bonds is 3. The van der Waals surface area contributed by atoms with Crippen molar-refractivity contribution in [2.24, 2.45) is 5.92 Å². The molecular formula is C7H12BNO3. The van der Waals surface area contributed by atoms with E-state index in [-0.39, 0.29) is 6.04 Å². The lowest BCUT2D eigenvalue weighted by Crippen LogP contribution is -2.38. The Balaban J connectivity index is 2.37. The van der Waals surface area contributed by atoms with E-state index in [1.165, 1.54) is 0 Å². The first-order chi connectivity index (χ1) is 5.59. The molecule has 1 aliphatic rings. The van der Waals surface area contributed by atoms with Crippen molar-refractivity contribution in [3.05, 3.63) is 12.2 Å². The Hall–Kier alpha value is -0.805. The standard InChI is InChI=1S/C7H12BNO3/c1-8(12)9-6-3-2-5(4-6)7(10)11/h2-3,5-6,9,12H,4H2,1H3,(H,10,11)/t5-,6+/m1/s1. The Morgan fingerprint density at radius 3 is 2.75 bits per heavy atom. The second kappa shape index (κ2) is 3.73. The minimum atomic E-state index is -0.804. The average Bonchev–Trinajstić information content (AvgIpc) is 2.34. The molecule has 0 spiro atoms. The first kappa shape index (κ1) is 9.28. The van der Waals surface area contributed by atoms with E-state index in [1.807, 2.05) is 0 Å². The summed E-state index contributed by atoms with van der Waals surface area (Å²) in [5.74, 6) is -1.21. The number of nitrogens with one attached hydrogen (secondary N) is 1. The van der Waals surface area contributed by atoms with E-state index >= 15 is 0 Å². The molecule has 0 unspecified atom stereocenters.